The van der Waals surface area contributed by atoms with Gasteiger partial charge in [-0.25, -0.2) is 9.37 Å². The molecule has 3 rings (SSSR count). The first kappa shape index (κ1) is 14.2. The molecule has 1 fully saturated rings. The number of halogens is 1. The van der Waals surface area contributed by atoms with E-state index in [0.29, 0.717) is 31.7 Å². The van der Waals surface area contributed by atoms with E-state index in [1.807, 2.05) is 0 Å². The Balaban J connectivity index is 1.62. The molecule has 1 N–H and O–H groups in total. The lowest BCUT2D eigenvalue weighted by molar-refractivity contribution is 0.0529. The van der Waals surface area contributed by atoms with E-state index in [4.69, 9.17) is 0 Å². The number of nitrogens with zero attached hydrogens (tertiary/aromatic N) is 4. The summed E-state index contributed by atoms with van der Waals surface area (Å²) in [6, 6.07) is 5.60. The fourth-order valence-electron chi connectivity index (χ4n) is 2.38. The summed E-state index contributed by atoms with van der Waals surface area (Å²) >= 11 is 0. The monoisotopic (exact) mass is 303 g/mol. The number of H-pyrrole nitrogens is 1. The third-order valence-corrected chi connectivity index (χ3v) is 3.54. The van der Waals surface area contributed by atoms with Crippen LogP contribution in [0.1, 0.15) is 21.0 Å². The number of hydrogen-bond donors (Lipinski definition) is 1. The van der Waals surface area contributed by atoms with Crippen LogP contribution in [0.4, 0.5) is 4.39 Å². The Hall–Kier alpha value is -2.77. The molecular formula is C14H14FN5O2. The second kappa shape index (κ2) is 5.92. The van der Waals surface area contributed by atoms with Gasteiger partial charge in [-0.3, -0.25) is 14.7 Å². The Kier molecular flexibility index (Phi) is 3.82. The topological polar surface area (TPSA) is 82.2 Å². The third kappa shape index (κ3) is 2.80. The number of nitrogens with one attached hydrogen (secondary N) is 1. The maximum absolute atomic E-state index is 13.2. The SMILES string of the molecule is O=C(c1cccc(F)c1)N1CCN(C(=O)c2ncn[nH]2)CC1. The Morgan fingerprint density at radius 1 is 1.09 bits per heavy atom. The molecule has 0 unspecified atom stereocenters. The van der Waals surface area contributed by atoms with Crippen molar-refractivity contribution >= 4 is 11.8 Å². The largest absolute Gasteiger partial charge is 0.335 e. The molecule has 1 aromatic carbocycles. The summed E-state index contributed by atoms with van der Waals surface area (Å²) in [7, 11) is 0. The lowest BCUT2D eigenvalue weighted by atomic mass is 10.1. The molecule has 2 heterocycles. The number of carbonyl (C=O) groups excluding carboxylic acids is 2. The van der Waals surface area contributed by atoms with Gasteiger partial charge < -0.3 is 9.80 Å². The molecule has 0 aliphatic carbocycles. The highest BCUT2D eigenvalue weighted by atomic mass is 19.1. The fourth-order valence-corrected chi connectivity index (χ4v) is 2.38. The predicted octanol–water partition coefficient (Wildman–Crippen LogP) is 0.542. The second-order valence-corrected chi connectivity index (χ2v) is 4.93. The van der Waals surface area contributed by atoms with Crippen LogP contribution in [-0.4, -0.2) is 63.0 Å². The third-order valence-electron chi connectivity index (χ3n) is 3.54. The van der Waals surface area contributed by atoms with Gasteiger partial charge in [-0.2, -0.15) is 5.10 Å². The predicted molar refractivity (Wildman–Crippen MR) is 74.6 cm³/mol. The zero-order chi connectivity index (χ0) is 15.5. The number of benzene rings is 1. The Morgan fingerprint density at radius 3 is 2.36 bits per heavy atom. The standard InChI is InChI=1S/C14H14FN5O2/c15-11-3-1-2-10(8-11)13(21)19-4-6-20(7-5-19)14(22)12-16-9-17-18-12/h1-3,8-9H,4-7H2,(H,16,17,18). The van der Waals surface area contributed by atoms with E-state index in [9.17, 15) is 14.0 Å². The molecule has 114 valence electrons. The highest BCUT2D eigenvalue weighted by Gasteiger charge is 2.26. The van der Waals surface area contributed by atoms with Crippen LogP contribution in [0.2, 0.25) is 0 Å². The molecule has 0 atom stereocenters. The smallest absolute Gasteiger partial charge is 0.291 e. The molecule has 1 aliphatic heterocycles. The molecular weight excluding hydrogens is 289 g/mol. The molecule has 1 saturated heterocycles. The van der Waals surface area contributed by atoms with E-state index >= 15 is 0 Å². The van der Waals surface area contributed by atoms with Gasteiger partial charge in [-0.05, 0) is 18.2 Å². The van der Waals surface area contributed by atoms with Crippen molar-refractivity contribution in [3.8, 4) is 0 Å². The molecule has 1 aliphatic rings. The van der Waals surface area contributed by atoms with Gasteiger partial charge in [0.1, 0.15) is 12.1 Å². The molecule has 2 amide bonds. The highest BCUT2D eigenvalue weighted by molar-refractivity contribution is 5.94. The van der Waals surface area contributed by atoms with Crippen molar-refractivity contribution in [1.82, 2.24) is 25.0 Å². The van der Waals surface area contributed by atoms with Crippen LogP contribution in [0.15, 0.2) is 30.6 Å². The number of carbonyl (C=O) groups is 2. The maximum Gasteiger partial charge on any atom is 0.291 e. The minimum Gasteiger partial charge on any atom is -0.335 e. The summed E-state index contributed by atoms with van der Waals surface area (Å²) in [6.07, 6.45) is 1.27. The summed E-state index contributed by atoms with van der Waals surface area (Å²) in [5.41, 5.74) is 0.315. The number of hydrogen-bond acceptors (Lipinski definition) is 4. The van der Waals surface area contributed by atoms with Crippen molar-refractivity contribution in [3.05, 3.63) is 47.8 Å². The lowest BCUT2D eigenvalue weighted by Gasteiger charge is -2.34. The van der Waals surface area contributed by atoms with Crippen molar-refractivity contribution in [3.63, 3.8) is 0 Å². The molecule has 8 heteroatoms. The minimum atomic E-state index is -0.440. The normalized spacial score (nSPS) is 15.0. The summed E-state index contributed by atoms with van der Waals surface area (Å²) in [6.45, 7) is 1.60. The van der Waals surface area contributed by atoms with Crippen LogP contribution in [-0.2, 0) is 0 Å². The number of aromatic nitrogens is 3. The number of amides is 2. The molecule has 0 radical (unpaired) electrons. The van der Waals surface area contributed by atoms with Crippen LogP contribution >= 0.6 is 0 Å². The van der Waals surface area contributed by atoms with Gasteiger partial charge in [0.2, 0.25) is 5.82 Å². The van der Waals surface area contributed by atoms with Crippen molar-refractivity contribution < 1.29 is 14.0 Å². The molecule has 0 spiro atoms. The average molecular weight is 303 g/mol. The van der Waals surface area contributed by atoms with Gasteiger partial charge in [0.25, 0.3) is 11.8 Å². The van der Waals surface area contributed by atoms with Gasteiger partial charge in [0.05, 0.1) is 0 Å². The molecule has 22 heavy (non-hydrogen) atoms. The fraction of sp³-hybridized carbons (Fsp3) is 0.286. The maximum atomic E-state index is 13.2. The summed E-state index contributed by atoms with van der Waals surface area (Å²) < 4.78 is 13.2. The summed E-state index contributed by atoms with van der Waals surface area (Å²) in [4.78, 5) is 31.4. The van der Waals surface area contributed by atoms with E-state index in [-0.39, 0.29) is 17.6 Å². The number of rotatable bonds is 2. The summed E-state index contributed by atoms with van der Waals surface area (Å²) in [5.74, 6) is -0.725. The molecule has 0 saturated carbocycles. The van der Waals surface area contributed by atoms with E-state index in [2.05, 4.69) is 15.2 Å². The van der Waals surface area contributed by atoms with Crippen LogP contribution in [0, 0.1) is 5.82 Å². The first-order valence-electron chi connectivity index (χ1n) is 6.84. The molecule has 1 aromatic heterocycles. The zero-order valence-electron chi connectivity index (χ0n) is 11.7. The van der Waals surface area contributed by atoms with E-state index < -0.39 is 5.82 Å². The van der Waals surface area contributed by atoms with E-state index in [1.165, 1.54) is 24.5 Å². The Labute approximate surface area is 125 Å². The molecule has 2 aromatic rings. The van der Waals surface area contributed by atoms with Gasteiger partial charge in [-0.1, -0.05) is 6.07 Å². The van der Waals surface area contributed by atoms with E-state index in [0.717, 1.165) is 0 Å². The number of piperazine rings is 1. The molecule has 7 nitrogen and oxygen atoms in total. The van der Waals surface area contributed by atoms with Crippen molar-refractivity contribution in [2.75, 3.05) is 26.2 Å². The Morgan fingerprint density at radius 2 is 1.77 bits per heavy atom. The molecule has 0 bridgehead atoms. The van der Waals surface area contributed by atoms with Crippen LogP contribution in [0.5, 0.6) is 0 Å². The van der Waals surface area contributed by atoms with Gasteiger partial charge in [0.15, 0.2) is 0 Å². The average Bonchev–Trinajstić information content (AvgIpc) is 3.08. The van der Waals surface area contributed by atoms with Crippen molar-refractivity contribution in [2.24, 2.45) is 0 Å². The van der Waals surface area contributed by atoms with Crippen LogP contribution in [0.25, 0.3) is 0 Å². The van der Waals surface area contributed by atoms with Gasteiger partial charge in [-0.15, -0.1) is 0 Å². The lowest BCUT2D eigenvalue weighted by Crippen LogP contribution is -2.50. The van der Waals surface area contributed by atoms with Crippen LogP contribution in [0.3, 0.4) is 0 Å². The van der Waals surface area contributed by atoms with Gasteiger partial charge in [0, 0.05) is 31.7 Å². The Bertz CT molecular complexity index is 680. The quantitative estimate of drug-likeness (QED) is 0.878. The summed E-state index contributed by atoms with van der Waals surface area (Å²) in [5, 5.41) is 6.17. The van der Waals surface area contributed by atoms with E-state index in [1.54, 1.807) is 15.9 Å². The second-order valence-electron chi connectivity index (χ2n) is 4.93. The first-order valence-corrected chi connectivity index (χ1v) is 6.84. The minimum absolute atomic E-state index is 0.185. The first-order chi connectivity index (χ1) is 10.6. The highest BCUT2D eigenvalue weighted by Crippen LogP contribution is 2.11. The number of aromatic amines is 1. The van der Waals surface area contributed by atoms with Gasteiger partial charge >= 0.3 is 0 Å². The van der Waals surface area contributed by atoms with Crippen LogP contribution < -0.4 is 0 Å². The zero-order valence-corrected chi connectivity index (χ0v) is 11.7. The van der Waals surface area contributed by atoms with Crippen molar-refractivity contribution in [1.29, 1.82) is 0 Å². The van der Waals surface area contributed by atoms with Crippen molar-refractivity contribution in [2.45, 2.75) is 0 Å².